The van der Waals surface area contributed by atoms with Crippen LogP contribution >= 0.6 is 11.6 Å². The van der Waals surface area contributed by atoms with Crippen molar-refractivity contribution in [3.63, 3.8) is 0 Å². The maximum Gasteiger partial charge on any atom is 0.265 e. The Morgan fingerprint density at radius 1 is 1.22 bits per heavy atom. The molecule has 0 saturated carbocycles. The van der Waals surface area contributed by atoms with Gasteiger partial charge < -0.3 is 0 Å². The van der Waals surface area contributed by atoms with Gasteiger partial charge in [0.05, 0.1) is 0 Å². The summed E-state index contributed by atoms with van der Waals surface area (Å²) >= 11 is 5.59. The van der Waals surface area contributed by atoms with Gasteiger partial charge in [-0.15, -0.1) is 0 Å². The van der Waals surface area contributed by atoms with E-state index in [2.05, 4.69) is 14.7 Å². The van der Waals surface area contributed by atoms with Gasteiger partial charge in [-0.25, -0.2) is 22.8 Å². The third-order valence-corrected chi connectivity index (χ3v) is 3.59. The average molecular weight is 288 g/mol. The minimum Gasteiger partial charge on any atom is -0.263 e. The number of hydrogen-bond donors (Lipinski definition) is 1. The molecule has 0 bridgehead atoms. The molecule has 5 nitrogen and oxygen atoms in total. The molecule has 0 atom stereocenters. The van der Waals surface area contributed by atoms with Crippen LogP contribution in [0.25, 0.3) is 0 Å². The van der Waals surface area contributed by atoms with Crippen molar-refractivity contribution < 1.29 is 12.8 Å². The Hall–Kier alpha value is -1.73. The van der Waals surface area contributed by atoms with Gasteiger partial charge in [0.25, 0.3) is 10.0 Å². The van der Waals surface area contributed by atoms with Gasteiger partial charge in [0.2, 0.25) is 0 Å². The Morgan fingerprint density at radius 3 is 2.61 bits per heavy atom. The summed E-state index contributed by atoms with van der Waals surface area (Å²) in [5, 5.41) is 0.0798. The van der Waals surface area contributed by atoms with Crippen LogP contribution in [0.5, 0.6) is 0 Å². The van der Waals surface area contributed by atoms with E-state index in [9.17, 15) is 12.8 Å². The fourth-order valence-electron chi connectivity index (χ4n) is 1.24. The van der Waals surface area contributed by atoms with Crippen LogP contribution in [-0.4, -0.2) is 18.4 Å². The van der Waals surface area contributed by atoms with Crippen molar-refractivity contribution in [1.29, 1.82) is 0 Å². The third-order valence-electron chi connectivity index (χ3n) is 2.00. The fourth-order valence-corrected chi connectivity index (χ4v) is 2.47. The molecule has 1 heterocycles. The molecule has 0 aliphatic rings. The second-order valence-electron chi connectivity index (χ2n) is 3.26. The lowest BCUT2D eigenvalue weighted by atomic mass is 10.4. The molecule has 2 aromatic rings. The Bertz CT molecular complexity index is 678. The standard InChI is InChI=1S/C10H7ClFN3O2S/c11-9-5-10(14-6-13-9)15-18(16,17)8-4-2-1-3-7(8)12/h1-6H,(H,13,14,15). The van der Waals surface area contributed by atoms with Crippen molar-refractivity contribution in [3.05, 3.63) is 47.6 Å². The monoisotopic (exact) mass is 287 g/mol. The van der Waals surface area contributed by atoms with Crippen LogP contribution in [0.4, 0.5) is 10.2 Å². The number of aromatic nitrogens is 2. The molecule has 2 rings (SSSR count). The van der Waals surface area contributed by atoms with Crippen LogP contribution in [0, 0.1) is 5.82 Å². The maximum atomic E-state index is 13.4. The summed E-state index contributed by atoms with van der Waals surface area (Å²) in [6, 6.07) is 6.25. The normalized spacial score (nSPS) is 11.2. The second kappa shape index (κ2) is 4.87. The second-order valence-corrected chi connectivity index (χ2v) is 5.30. The van der Waals surface area contributed by atoms with Gasteiger partial charge in [-0.2, -0.15) is 0 Å². The lowest BCUT2D eigenvalue weighted by molar-refractivity contribution is 0.570. The van der Waals surface area contributed by atoms with E-state index in [-0.39, 0.29) is 11.0 Å². The minimum absolute atomic E-state index is 0.0294. The van der Waals surface area contributed by atoms with E-state index in [0.717, 1.165) is 18.5 Å². The molecule has 18 heavy (non-hydrogen) atoms. The highest BCUT2D eigenvalue weighted by molar-refractivity contribution is 7.92. The van der Waals surface area contributed by atoms with Gasteiger partial charge in [-0.3, -0.25) is 4.72 Å². The SMILES string of the molecule is O=S(=O)(Nc1cc(Cl)ncn1)c1ccccc1F. The number of nitrogens with one attached hydrogen (secondary N) is 1. The van der Waals surface area contributed by atoms with Crippen LogP contribution in [0.15, 0.2) is 41.6 Å². The number of benzene rings is 1. The molecular weight excluding hydrogens is 281 g/mol. The molecule has 0 spiro atoms. The number of sulfonamides is 1. The zero-order valence-electron chi connectivity index (χ0n) is 8.84. The summed E-state index contributed by atoms with van der Waals surface area (Å²) in [6.07, 6.45) is 1.10. The summed E-state index contributed by atoms with van der Waals surface area (Å²) in [4.78, 5) is 6.82. The molecule has 1 aromatic carbocycles. The van der Waals surface area contributed by atoms with Crippen LogP contribution < -0.4 is 4.72 Å². The van der Waals surface area contributed by atoms with E-state index < -0.39 is 20.7 Å². The third kappa shape index (κ3) is 2.74. The molecule has 0 saturated heterocycles. The summed E-state index contributed by atoms with van der Waals surface area (Å²) in [6.45, 7) is 0. The first kappa shape index (κ1) is 12.7. The Balaban J connectivity index is 2.37. The summed E-state index contributed by atoms with van der Waals surface area (Å²) < 4.78 is 39.3. The van der Waals surface area contributed by atoms with Crippen molar-refractivity contribution >= 4 is 27.4 Å². The van der Waals surface area contributed by atoms with Gasteiger partial charge in [0.1, 0.15) is 28.0 Å². The van der Waals surface area contributed by atoms with Crippen LogP contribution in [-0.2, 0) is 10.0 Å². The molecule has 1 aromatic heterocycles. The highest BCUT2D eigenvalue weighted by Crippen LogP contribution is 2.18. The average Bonchev–Trinajstić information content (AvgIpc) is 2.28. The molecule has 0 aliphatic heterocycles. The van der Waals surface area contributed by atoms with Gasteiger partial charge in [-0.1, -0.05) is 23.7 Å². The first-order valence-corrected chi connectivity index (χ1v) is 6.60. The van der Waals surface area contributed by atoms with E-state index in [1.807, 2.05) is 0 Å². The van der Waals surface area contributed by atoms with Crippen LogP contribution in [0.2, 0.25) is 5.15 Å². The molecule has 0 amide bonds. The quantitative estimate of drug-likeness (QED) is 0.877. The first-order chi connectivity index (χ1) is 8.49. The topological polar surface area (TPSA) is 72.0 Å². The predicted molar refractivity (Wildman–Crippen MR) is 64.3 cm³/mol. The fraction of sp³-hybridized carbons (Fsp3) is 0. The summed E-state index contributed by atoms with van der Waals surface area (Å²) in [5.74, 6) is -0.872. The molecule has 94 valence electrons. The number of halogens is 2. The Kier molecular flexibility index (Phi) is 3.44. The Labute approximate surface area is 108 Å². The van der Waals surface area contributed by atoms with Gasteiger partial charge in [-0.05, 0) is 12.1 Å². The zero-order valence-corrected chi connectivity index (χ0v) is 10.4. The van der Waals surface area contributed by atoms with Gasteiger partial charge in [0.15, 0.2) is 0 Å². The zero-order chi connectivity index (χ0) is 13.2. The van der Waals surface area contributed by atoms with Crippen LogP contribution in [0.1, 0.15) is 0 Å². The highest BCUT2D eigenvalue weighted by atomic mass is 35.5. The van der Waals surface area contributed by atoms with E-state index >= 15 is 0 Å². The highest BCUT2D eigenvalue weighted by Gasteiger charge is 2.19. The molecule has 1 N–H and O–H groups in total. The molecule has 0 radical (unpaired) electrons. The van der Waals surface area contributed by atoms with Gasteiger partial charge in [0, 0.05) is 6.07 Å². The van der Waals surface area contributed by atoms with Crippen molar-refractivity contribution in [2.45, 2.75) is 4.90 Å². The van der Waals surface area contributed by atoms with Crippen molar-refractivity contribution in [3.8, 4) is 0 Å². The molecule has 0 fully saturated rings. The first-order valence-electron chi connectivity index (χ1n) is 4.74. The maximum absolute atomic E-state index is 13.4. The van der Waals surface area contributed by atoms with E-state index in [0.29, 0.717) is 0 Å². The van der Waals surface area contributed by atoms with Crippen LogP contribution in [0.3, 0.4) is 0 Å². The summed E-state index contributed by atoms with van der Waals surface area (Å²) in [5.41, 5.74) is 0. The van der Waals surface area contributed by atoms with Crippen molar-refractivity contribution in [2.24, 2.45) is 0 Å². The van der Waals surface area contributed by atoms with E-state index in [1.165, 1.54) is 18.2 Å². The summed E-state index contributed by atoms with van der Waals surface area (Å²) in [7, 11) is -4.03. The number of nitrogens with zero attached hydrogens (tertiary/aromatic N) is 2. The number of rotatable bonds is 3. The minimum atomic E-state index is -4.03. The molecule has 0 unspecified atom stereocenters. The Morgan fingerprint density at radius 2 is 1.94 bits per heavy atom. The molecular formula is C10H7ClFN3O2S. The van der Waals surface area contributed by atoms with E-state index in [4.69, 9.17) is 11.6 Å². The number of anilines is 1. The molecule has 0 aliphatic carbocycles. The lowest BCUT2D eigenvalue weighted by Crippen LogP contribution is -2.15. The van der Waals surface area contributed by atoms with Gasteiger partial charge >= 0.3 is 0 Å². The van der Waals surface area contributed by atoms with E-state index in [1.54, 1.807) is 0 Å². The largest absolute Gasteiger partial charge is 0.265 e. The predicted octanol–water partition coefficient (Wildman–Crippen LogP) is 2.07. The number of hydrogen-bond acceptors (Lipinski definition) is 4. The van der Waals surface area contributed by atoms with Crippen molar-refractivity contribution in [2.75, 3.05) is 4.72 Å². The smallest absolute Gasteiger partial charge is 0.263 e. The molecule has 8 heteroatoms. The lowest BCUT2D eigenvalue weighted by Gasteiger charge is -2.07. The van der Waals surface area contributed by atoms with Crippen molar-refractivity contribution in [1.82, 2.24) is 9.97 Å².